The predicted octanol–water partition coefficient (Wildman–Crippen LogP) is 3.28. The summed E-state index contributed by atoms with van der Waals surface area (Å²) in [5.74, 6) is 0.646. The van der Waals surface area contributed by atoms with Gasteiger partial charge in [0.1, 0.15) is 21.8 Å². The fourth-order valence-corrected chi connectivity index (χ4v) is 5.32. The molecule has 0 N–H and O–H groups in total. The topological polar surface area (TPSA) is 78.6 Å². The van der Waals surface area contributed by atoms with Crippen molar-refractivity contribution in [1.29, 1.82) is 5.26 Å². The van der Waals surface area contributed by atoms with E-state index in [1.165, 1.54) is 11.8 Å². The number of nitriles is 1. The molecule has 2 aliphatic rings. The van der Waals surface area contributed by atoms with E-state index >= 15 is 0 Å². The Morgan fingerprint density at radius 2 is 1.94 bits per heavy atom. The van der Waals surface area contributed by atoms with Crippen LogP contribution in [0.2, 0.25) is 0 Å². The lowest BCUT2D eigenvalue weighted by Crippen LogP contribution is -2.37. The molecule has 0 radical (unpaired) electrons. The average Bonchev–Trinajstić information content (AvgIpc) is 3.03. The van der Waals surface area contributed by atoms with Crippen molar-refractivity contribution in [2.45, 2.75) is 46.1 Å². The van der Waals surface area contributed by atoms with Crippen LogP contribution in [0.15, 0.2) is 9.70 Å². The molecule has 2 saturated heterocycles. The minimum absolute atomic E-state index is 0.135. The Morgan fingerprint density at radius 1 is 1.23 bits per heavy atom. The molecule has 3 heterocycles. The second-order valence-electron chi connectivity index (χ2n) is 7.68. The van der Waals surface area contributed by atoms with Crippen LogP contribution in [0.4, 0.5) is 5.82 Å². The van der Waals surface area contributed by atoms with Gasteiger partial charge in [-0.1, -0.05) is 30.9 Å². The zero-order valence-corrected chi connectivity index (χ0v) is 19.9. The highest BCUT2D eigenvalue weighted by Gasteiger charge is 2.33. The first kappa shape index (κ1) is 23.5. The Kier molecular flexibility index (Phi) is 7.92. The number of rotatable bonds is 7. The number of anilines is 1. The Hall–Kier alpha value is -2.15. The Morgan fingerprint density at radius 3 is 2.55 bits per heavy atom. The van der Waals surface area contributed by atoms with Crippen molar-refractivity contribution in [1.82, 2.24) is 9.47 Å². The molecule has 3 rings (SSSR count). The zero-order valence-electron chi connectivity index (χ0n) is 18.3. The van der Waals surface area contributed by atoms with Gasteiger partial charge in [0, 0.05) is 32.3 Å². The monoisotopic (exact) mass is 460 g/mol. The number of piperidine rings is 1. The van der Waals surface area contributed by atoms with E-state index in [0.717, 1.165) is 50.2 Å². The normalized spacial score (nSPS) is 18.2. The largest absolute Gasteiger partial charge is 0.383 e. The van der Waals surface area contributed by atoms with Crippen LogP contribution in [0.1, 0.15) is 49.3 Å². The van der Waals surface area contributed by atoms with Crippen LogP contribution >= 0.6 is 24.0 Å². The maximum atomic E-state index is 13.1. The maximum Gasteiger partial charge on any atom is 0.270 e. The third kappa shape index (κ3) is 4.71. The van der Waals surface area contributed by atoms with Crippen LogP contribution in [0.25, 0.3) is 6.08 Å². The summed E-state index contributed by atoms with van der Waals surface area (Å²) in [5, 5.41) is 9.70. The number of carbonyl (C=O) groups excluding carboxylic acids is 1. The van der Waals surface area contributed by atoms with Gasteiger partial charge in [-0.2, -0.15) is 5.26 Å². The molecule has 0 bridgehead atoms. The molecule has 9 heteroatoms. The van der Waals surface area contributed by atoms with E-state index in [1.54, 1.807) is 23.5 Å². The van der Waals surface area contributed by atoms with Gasteiger partial charge >= 0.3 is 0 Å². The number of nitrogens with zero attached hydrogens (tertiary/aromatic N) is 4. The van der Waals surface area contributed by atoms with Crippen LogP contribution in [0, 0.1) is 18.3 Å². The lowest BCUT2D eigenvalue weighted by Gasteiger charge is -2.33. The summed E-state index contributed by atoms with van der Waals surface area (Å²) in [7, 11) is 1.59. The van der Waals surface area contributed by atoms with Gasteiger partial charge in [0.05, 0.1) is 18.1 Å². The summed E-state index contributed by atoms with van der Waals surface area (Å²) in [5.41, 5.74) is 1.25. The molecule has 0 aliphatic carbocycles. The summed E-state index contributed by atoms with van der Waals surface area (Å²) >= 11 is 6.66. The number of thioether (sulfide) groups is 1. The van der Waals surface area contributed by atoms with Gasteiger partial charge < -0.3 is 9.64 Å². The fraction of sp³-hybridized carbons (Fsp3) is 0.545. The second kappa shape index (κ2) is 10.4. The molecule has 7 nitrogen and oxygen atoms in total. The van der Waals surface area contributed by atoms with Crippen molar-refractivity contribution >= 4 is 46.1 Å². The van der Waals surface area contributed by atoms with Crippen LogP contribution in [-0.4, -0.2) is 53.0 Å². The van der Waals surface area contributed by atoms with Crippen molar-refractivity contribution in [3.63, 3.8) is 0 Å². The first-order valence-electron chi connectivity index (χ1n) is 10.6. The van der Waals surface area contributed by atoms with Gasteiger partial charge in [-0.3, -0.25) is 19.1 Å². The molecule has 0 saturated carbocycles. The van der Waals surface area contributed by atoms with E-state index in [0.29, 0.717) is 34.5 Å². The van der Waals surface area contributed by atoms with Gasteiger partial charge in [-0.05, 0) is 44.2 Å². The Bertz CT molecular complexity index is 1000. The Balaban J connectivity index is 2.18. The number of aromatic nitrogens is 1. The zero-order chi connectivity index (χ0) is 22.5. The van der Waals surface area contributed by atoms with Crippen molar-refractivity contribution in [3.05, 3.63) is 31.9 Å². The highest BCUT2D eigenvalue weighted by Crippen LogP contribution is 2.36. The first-order chi connectivity index (χ1) is 14.9. The van der Waals surface area contributed by atoms with Crippen LogP contribution in [0.5, 0.6) is 0 Å². The number of pyridine rings is 1. The quantitative estimate of drug-likeness (QED) is 0.456. The molecule has 0 spiro atoms. The lowest BCUT2D eigenvalue weighted by atomic mass is 10.0. The number of methoxy groups -OCH3 is 1. The van der Waals surface area contributed by atoms with E-state index in [2.05, 4.69) is 11.0 Å². The van der Waals surface area contributed by atoms with Gasteiger partial charge in [0.25, 0.3) is 11.5 Å². The van der Waals surface area contributed by atoms with Crippen molar-refractivity contribution < 1.29 is 9.53 Å². The van der Waals surface area contributed by atoms with Crippen molar-refractivity contribution in [2.75, 3.05) is 38.3 Å². The summed E-state index contributed by atoms with van der Waals surface area (Å²) < 4.78 is 7.30. The summed E-state index contributed by atoms with van der Waals surface area (Å²) in [6, 6.07) is 2.09. The number of ether oxygens (including phenoxy) is 1. The lowest BCUT2D eigenvalue weighted by molar-refractivity contribution is -0.122. The van der Waals surface area contributed by atoms with Crippen LogP contribution in [0.3, 0.4) is 0 Å². The molecule has 0 unspecified atom stereocenters. The molecular weight excluding hydrogens is 432 g/mol. The number of carbonyl (C=O) groups is 1. The highest BCUT2D eigenvalue weighted by atomic mass is 32.2. The molecule has 1 amide bonds. The average molecular weight is 461 g/mol. The molecule has 1 aromatic rings. The summed E-state index contributed by atoms with van der Waals surface area (Å²) in [6.45, 7) is 6.83. The SMILES string of the molecule is CCCn1c(N2CCCCC2)c(/C=C2/SC(=S)N(CCOC)C2=O)c(C)c(C#N)c1=O. The summed E-state index contributed by atoms with van der Waals surface area (Å²) in [4.78, 5) is 30.4. The molecular formula is C22H28N4O3S2. The Labute approximate surface area is 192 Å². The van der Waals surface area contributed by atoms with E-state index in [4.69, 9.17) is 17.0 Å². The molecule has 2 aliphatic heterocycles. The molecule has 166 valence electrons. The fourth-order valence-electron chi connectivity index (χ4n) is 4.03. The van der Waals surface area contributed by atoms with E-state index in [-0.39, 0.29) is 17.0 Å². The summed E-state index contributed by atoms with van der Waals surface area (Å²) in [6.07, 6.45) is 5.86. The van der Waals surface area contributed by atoms with Crippen molar-refractivity contribution in [2.24, 2.45) is 0 Å². The van der Waals surface area contributed by atoms with Gasteiger partial charge in [0.15, 0.2) is 0 Å². The number of thiocarbonyl (C=S) groups is 1. The number of hydrogen-bond donors (Lipinski definition) is 0. The third-order valence-corrected chi connectivity index (χ3v) is 7.00. The number of hydrogen-bond acceptors (Lipinski definition) is 7. The molecule has 2 fully saturated rings. The van der Waals surface area contributed by atoms with E-state index in [1.807, 2.05) is 13.0 Å². The van der Waals surface area contributed by atoms with Gasteiger partial charge in [-0.15, -0.1) is 0 Å². The minimum atomic E-state index is -0.257. The molecule has 0 aromatic carbocycles. The van der Waals surface area contributed by atoms with Gasteiger partial charge in [-0.25, -0.2) is 0 Å². The maximum absolute atomic E-state index is 13.1. The van der Waals surface area contributed by atoms with Crippen LogP contribution < -0.4 is 10.5 Å². The predicted molar refractivity (Wildman–Crippen MR) is 128 cm³/mol. The smallest absolute Gasteiger partial charge is 0.270 e. The highest BCUT2D eigenvalue weighted by molar-refractivity contribution is 8.26. The third-order valence-electron chi connectivity index (χ3n) is 5.62. The minimum Gasteiger partial charge on any atom is -0.383 e. The molecule has 1 aromatic heterocycles. The van der Waals surface area contributed by atoms with Gasteiger partial charge in [0.2, 0.25) is 0 Å². The van der Waals surface area contributed by atoms with E-state index in [9.17, 15) is 14.9 Å². The second-order valence-corrected chi connectivity index (χ2v) is 9.36. The van der Waals surface area contributed by atoms with Crippen LogP contribution in [-0.2, 0) is 16.1 Å². The first-order valence-corrected chi connectivity index (χ1v) is 11.8. The van der Waals surface area contributed by atoms with E-state index < -0.39 is 0 Å². The van der Waals surface area contributed by atoms with Crippen molar-refractivity contribution in [3.8, 4) is 6.07 Å². The molecule has 0 atom stereocenters. The molecule has 31 heavy (non-hydrogen) atoms. The standard InChI is InChI=1S/C22H28N4O3S2/c1-4-8-25-19(24-9-6-5-7-10-24)16(15(2)17(14-23)20(25)27)13-18-21(28)26(11-12-29-3)22(30)31-18/h13H,4-12H2,1-3H3/b18-13+. The number of amides is 1.